The molecule has 0 atom stereocenters. The van der Waals surface area contributed by atoms with Crippen LogP contribution in [0.1, 0.15) is 109 Å². The Kier molecular flexibility index (Phi) is 19.7. The molecule has 0 spiro atoms. The van der Waals surface area contributed by atoms with Gasteiger partial charge in [-0.25, -0.2) is 0 Å². The molecule has 9 rings (SSSR count). The molecule has 0 amide bonds. The van der Waals surface area contributed by atoms with E-state index in [1.54, 1.807) is 0 Å². The second kappa shape index (κ2) is 26.6. The van der Waals surface area contributed by atoms with Crippen molar-refractivity contribution in [1.29, 1.82) is 0 Å². The maximum absolute atomic E-state index is 18.9. The van der Waals surface area contributed by atoms with Gasteiger partial charge in [0.2, 0.25) is 0 Å². The van der Waals surface area contributed by atoms with E-state index in [1.165, 1.54) is 16.7 Å². The molecule has 9 aromatic carbocycles. The number of rotatable bonds is 24. The molecule has 0 aliphatic carbocycles. The van der Waals surface area contributed by atoms with Crippen molar-refractivity contribution in [2.24, 2.45) is 0 Å². The minimum atomic E-state index is -6.73. The first-order chi connectivity index (χ1) is 38.7. The quantitative estimate of drug-likeness (QED) is 0.0566. The molecule has 80 heavy (non-hydrogen) atoms. The van der Waals surface area contributed by atoms with Gasteiger partial charge in [0.15, 0.2) is 0 Å². The molecule has 8 heteroatoms. The zero-order valence-corrected chi connectivity index (χ0v) is 53.5. The van der Waals surface area contributed by atoms with Gasteiger partial charge in [0, 0.05) is 0 Å². The molecule has 0 saturated carbocycles. The van der Waals surface area contributed by atoms with Crippen LogP contribution < -0.4 is 0 Å². The first kappa shape index (κ1) is 59.2. The SMILES string of the molecule is CCCCc1ccc(S([O][Sb](=[O])([O]S(c2ccc(C)cc2)(c2ccc(C)cc2)c2ccc(CCCC)cc2)[O]S(c2ccc(C)cc2)(c2ccc(C)cc2)c2ccc(CCCC)cc2)(c2ccc(C)cc2)c2ccc(C)cc2)cc1. The fraction of sp³-hybridized carbons (Fsp3) is 0.250. The van der Waals surface area contributed by atoms with Gasteiger partial charge in [-0.05, 0) is 0 Å². The number of aryl methyl sites for hydroxylation is 9. The number of hydrogen-bond donors (Lipinski definition) is 0. The topological polar surface area (TPSA) is 44.8 Å². The van der Waals surface area contributed by atoms with Gasteiger partial charge in [-0.2, -0.15) is 0 Å². The Morgan fingerprint density at radius 3 is 0.562 bits per heavy atom. The van der Waals surface area contributed by atoms with Crippen LogP contribution in [0.15, 0.2) is 262 Å². The van der Waals surface area contributed by atoms with Crippen molar-refractivity contribution in [3.63, 3.8) is 0 Å². The van der Waals surface area contributed by atoms with Crippen LogP contribution >= 0.6 is 30.9 Å². The predicted molar refractivity (Wildman–Crippen MR) is 339 cm³/mol. The van der Waals surface area contributed by atoms with Crippen molar-refractivity contribution in [2.75, 3.05) is 0 Å². The second-order valence-electron chi connectivity index (χ2n) is 21.5. The molecule has 0 aliphatic rings. The van der Waals surface area contributed by atoms with E-state index in [9.17, 15) is 0 Å². The summed E-state index contributed by atoms with van der Waals surface area (Å²) in [5, 5.41) is 0. The molecular weight excluding hydrogens is 1150 g/mol. The van der Waals surface area contributed by atoms with Crippen molar-refractivity contribution in [3.05, 3.63) is 268 Å². The van der Waals surface area contributed by atoms with E-state index in [-0.39, 0.29) is 0 Å². The van der Waals surface area contributed by atoms with Crippen LogP contribution in [0.3, 0.4) is 0 Å². The Bertz CT molecular complexity index is 2940. The summed E-state index contributed by atoms with van der Waals surface area (Å²) in [7, 11) is -9.02. The van der Waals surface area contributed by atoms with Crippen LogP contribution in [-0.4, -0.2) is 20.1 Å². The average Bonchev–Trinajstić information content (AvgIpc) is 3.65. The van der Waals surface area contributed by atoms with Gasteiger partial charge >= 0.3 is 494 Å². The summed E-state index contributed by atoms with van der Waals surface area (Å²) in [6, 6.07) is 78.6. The van der Waals surface area contributed by atoms with Crippen LogP contribution in [0.2, 0.25) is 0 Å². The summed E-state index contributed by atoms with van der Waals surface area (Å²) in [6.07, 6.45) is 9.38. The monoisotopic (exact) mass is 1230 g/mol. The molecule has 0 fully saturated rings. The number of unbranched alkanes of at least 4 members (excludes halogenated alkanes) is 3. The van der Waals surface area contributed by atoms with Gasteiger partial charge in [-0.1, -0.05) is 0 Å². The predicted octanol–water partition coefficient (Wildman–Crippen LogP) is 21.5. The van der Waals surface area contributed by atoms with Crippen molar-refractivity contribution in [1.82, 2.24) is 0 Å². The average molecular weight is 1230 g/mol. The molecule has 0 N–H and O–H groups in total. The summed E-state index contributed by atoms with van der Waals surface area (Å²) in [5.41, 5.74) is 10.4. The molecule has 9 aromatic rings. The van der Waals surface area contributed by atoms with Crippen molar-refractivity contribution < 1.29 is 10.4 Å². The summed E-state index contributed by atoms with van der Waals surface area (Å²) in [4.78, 5) is 8.10. The molecule has 0 saturated heterocycles. The Morgan fingerprint density at radius 1 is 0.263 bits per heavy atom. The van der Waals surface area contributed by atoms with Crippen molar-refractivity contribution in [2.45, 2.75) is 164 Å². The molecule has 4 nitrogen and oxygen atoms in total. The van der Waals surface area contributed by atoms with Crippen LogP contribution in [0.4, 0.5) is 0 Å². The first-order valence-corrected chi connectivity index (χ1v) is 37.5. The van der Waals surface area contributed by atoms with Crippen molar-refractivity contribution in [3.8, 4) is 0 Å². The zero-order chi connectivity index (χ0) is 56.3. The Labute approximate surface area is 490 Å². The standard InChI is InChI=1S/3C24H28OS.O.Sb/c3*1-4-5-6-21-11-17-24(18-12-21)26(25,22-13-7-19(2)8-14-22)23-15-9-20(3)10-16-23;;/h3*7-18,25H,4-6H2,1-3H3;;/q;;;;+3/p-3. The van der Waals surface area contributed by atoms with Gasteiger partial charge in [0.1, 0.15) is 0 Å². The molecule has 416 valence electrons. The van der Waals surface area contributed by atoms with E-state index in [1.807, 2.05) is 0 Å². The van der Waals surface area contributed by atoms with Gasteiger partial charge in [0.05, 0.1) is 0 Å². The van der Waals surface area contributed by atoms with E-state index in [0.29, 0.717) is 0 Å². The third-order valence-corrected chi connectivity index (χ3v) is 35.0. The summed E-state index contributed by atoms with van der Waals surface area (Å²) in [6.45, 7) is 19.4. The Hall–Kier alpha value is -5.47. The van der Waals surface area contributed by atoms with Crippen molar-refractivity contribution >= 4 is 51.0 Å². The molecule has 0 radical (unpaired) electrons. The fourth-order valence-corrected chi connectivity index (χ4v) is 34.7. The van der Waals surface area contributed by atoms with E-state index in [2.05, 4.69) is 281 Å². The Balaban J connectivity index is 1.45. The third kappa shape index (κ3) is 13.1. The normalized spacial score (nSPS) is 12.8. The fourth-order valence-electron chi connectivity index (χ4n) is 10.1. The van der Waals surface area contributed by atoms with E-state index >= 15 is 3.02 Å². The van der Waals surface area contributed by atoms with Gasteiger partial charge < -0.3 is 0 Å². The van der Waals surface area contributed by atoms with Gasteiger partial charge in [0.25, 0.3) is 0 Å². The number of benzene rings is 9. The number of hydrogen-bond acceptors (Lipinski definition) is 4. The van der Waals surface area contributed by atoms with E-state index in [4.69, 9.17) is 7.38 Å². The van der Waals surface area contributed by atoms with Crippen LogP contribution in [0.5, 0.6) is 0 Å². The minimum absolute atomic E-state index is 0.896. The third-order valence-electron chi connectivity index (χ3n) is 14.9. The summed E-state index contributed by atoms with van der Waals surface area (Å²) >= 11 is -6.73. The first-order valence-electron chi connectivity index (χ1n) is 28.6. The molecular formula is C72H81O4S3Sb. The second-order valence-corrected chi connectivity index (χ2v) is 35.9. The molecule has 0 bridgehead atoms. The van der Waals surface area contributed by atoms with Gasteiger partial charge in [-0.3, -0.25) is 0 Å². The molecule has 0 unspecified atom stereocenters. The van der Waals surface area contributed by atoms with E-state index < -0.39 is 51.0 Å². The van der Waals surface area contributed by atoms with Gasteiger partial charge in [-0.15, -0.1) is 0 Å². The van der Waals surface area contributed by atoms with Crippen LogP contribution in [0.25, 0.3) is 0 Å². The molecule has 0 heterocycles. The summed E-state index contributed by atoms with van der Waals surface area (Å²) < 4.78 is 44.1. The zero-order valence-electron chi connectivity index (χ0n) is 48.5. The summed E-state index contributed by atoms with van der Waals surface area (Å²) in [5.74, 6) is 0. The molecule has 0 aliphatic heterocycles. The van der Waals surface area contributed by atoms with Crippen LogP contribution in [0, 0.1) is 41.5 Å². The maximum atomic E-state index is 18.9. The van der Waals surface area contributed by atoms with E-state index in [0.717, 1.165) is 135 Å². The van der Waals surface area contributed by atoms with Crippen LogP contribution in [-0.2, 0) is 29.7 Å². The Morgan fingerprint density at radius 2 is 0.412 bits per heavy atom. The molecule has 0 aromatic heterocycles.